The predicted octanol–water partition coefficient (Wildman–Crippen LogP) is 0.0873. The number of hydrogen-bond donors (Lipinski definition) is 1. The second-order valence-corrected chi connectivity index (χ2v) is 4.55. The van der Waals surface area contributed by atoms with Gasteiger partial charge in [-0.05, 0) is 6.92 Å². The van der Waals surface area contributed by atoms with Crippen LogP contribution in [0.2, 0.25) is 0 Å². The molecule has 0 aliphatic rings. The first-order valence-electron chi connectivity index (χ1n) is 3.21. The van der Waals surface area contributed by atoms with Gasteiger partial charge in [0.25, 0.3) is 0 Å². The second kappa shape index (κ2) is 4.46. The molecule has 0 atom stereocenters. The van der Waals surface area contributed by atoms with Gasteiger partial charge in [-0.15, -0.1) is 0 Å². The molecule has 0 bridgehead atoms. The standard InChI is InChI=1S/C6H13NO3S/c1-6(7)5-11(8,9)4-3-10-2/h7H,3-5H2,1-2H3. The van der Waals surface area contributed by atoms with Crippen molar-refractivity contribution < 1.29 is 13.2 Å². The fourth-order valence-corrected chi connectivity index (χ4v) is 1.84. The summed E-state index contributed by atoms with van der Waals surface area (Å²) in [6.45, 7) is 1.68. The van der Waals surface area contributed by atoms with Crippen molar-refractivity contribution in [1.82, 2.24) is 0 Å². The summed E-state index contributed by atoms with van der Waals surface area (Å²) in [4.78, 5) is 0. The number of methoxy groups -OCH3 is 1. The molecular formula is C6H13NO3S. The molecule has 0 aromatic rings. The summed E-state index contributed by atoms with van der Waals surface area (Å²) in [6.07, 6.45) is 0. The average molecular weight is 179 g/mol. The summed E-state index contributed by atoms with van der Waals surface area (Å²) < 4.78 is 26.6. The van der Waals surface area contributed by atoms with Gasteiger partial charge in [0.15, 0.2) is 9.84 Å². The Hall–Kier alpha value is -0.420. The van der Waals surface area contributed by atoms with Gasteiger partial charge in [-0.2, -0.15) is 0 Å². The van der Waals surface area contributed by atoms with E-state index in [1.165, 1.54) is 14.0 Å². The monoisotopic (exact) mass is 179 g/mol. The lowest BCUT2D eigenvalue weighted by Gasteiger charge is -2.00. The molecule has 5 heteroatoms. The van der Waals surface area contributed by atoms with Crippen LogP contribution in [0.5, 0.6) is 0 Å². The first-order chi connectivity index (χ1) is 4.98. The van der Waals surface area contributed by atoms with Crippen molar-refractivity contribution in [1.29, 1.82) is 5.41 Å². The summed E-state index contributed by atoms with van der Waals surface area (Å²) in [5.41, 5.74) is 0.168. The van der Waals surface area contributed by atoms with Crippen molar-refractivity contribution in [2.24, 2.45) is 0 Å². The van der Waals surface area contributed by atoms with E-state index in [9.17, 15) is 8.42 Å². The third kappa shape index (κ3) is 6.00. The maximum atomic E-state index is 11.0. The second-order valence-electron chi connectivity index (χ2n) is 2.37. The van der Waals surface area contributed by atoms with Crippen LogP contribution in [-0.4, -0.2) is 39.4 Å². The Morgan fingerprint density at radius 2 is 2.09 bits per heavy atom. The lowest BCUT2D eigenvalue weighted by molar-refractivity contribution is 0.217. The van der Waals surface area contributed by atoms with Crippen LogP contribution >= 0.6 is 0 Å². The normalized spacial score (nSPS) is 11.5. The van der Waals surface area contributed by atoms with Gasteiger partial charge in [-0.3, -0.25) is 0 Å². The Balaban J connectivity index is 3.92. The molecule has 0 fully saturated rings. The van der Waals surface area contributed by atoms with Crippen molar-refractivity contribution >= 4 is 15.5 Å². The maximum absolute atomic E-state index is 11.0. The molecule has 1 N–H and O–H groups in total. The minimum absolute atomic E-state index is 0.000278. The third-order valence-corrected chi connectivity index (χ3v) is 2.70. The molecule has 0 heterocycles. The Bertz CT molecular complexity index is 220. The number of ether oxygens (including phenoxy) is 1. The van der Waals surface area contributed by atoms with E-state index in [1.54, 1.807) is 0 Å². The molecule has 0 radical (unpaired) electrons. The van der Waals surface area contributed by atoms with Crippen molar-refractivity contribution in [3.05, 3.63) is 0 Å². The molecule has 0 saturated heterocycles. The Kier molecular flexibility index (Phi) is 4.29. The van der Waals surface area contributed by atoms with Crippen molar-refractivity contribution in [2.75, 3.05) is 25.2 Å². The molecule has 4 nitrogen and oxygen atoms in total. The van der Waals surface area contributed by atoms with Gasteiger partial charge in [0.05, 0.1) is 18.1 Å². The van der Waals surface area contributed by atoms with Crippen LogP contribution in [0.1, 0.15) is 6.92 Å². The summed E-state index contributed by atoms with van der Waals surface area (Å²) in [5.74, 6) is -0.157. The highest BCUT2D eigenvalue weighted by atomic mass is 32.2. The molecule has 0 amide bonds. The molecule has 0 aliphatic heterocycles. The third-order valence-electron chi connectivity index (χ3n) is 1.03. The Labute approximate surface area is 67.0 Å². The van der Waals surface area contributed by atoms with Crippen LogP contribution in [0.3, 0.4) is 0 Å². The van der Waals surface area contributed by atoms with Crippen LogP contribution in [0.25, 0.3) is 0 Å². The summed E-state index contributed by atoms with van der Waals surface area (Å²) in [5, 5.41) is 6.97. The lowest BCUT2D eigenvalue weighted by atomic mass is 10.5. The smallest absolute Gasteiger partial charge is 0.157 e. The summed E-state index contributed by atoms with van der Waals surface area (Å²) in [7, 11) is -1.64. The highest BCUT2D eigenvalue weighted by Crippen LogP contribution is 1.90. The first kappa shape index (κ1) is 10.6. The number of hydrogen-bond acceptors (Lipinski definition) is 4. The van der Waals surface area contributed by atoms with Crippen LogP contribution < -0.4 is 0 Å². The van der Waals surface area contributed by atoms with E-state index in [1.807, 2.05) is 0 Å². The molecule has 0 spiro atoms. The molecule has 0 aliphatic carbocycles. The zero-order valence-corrected chi connectivity index (χ0v) is 7.57. The first-order valence-corrected chi connectivity index (χ1v) is 5.03. The Morgan fingerprint density at radius 1 is 1.55 bits per heavy atom. The number of rotatable bonds is 5. The highest BCUT2D eigenvalue weighted by Gasteiger charge is 2.10. The molecule has 0 unspecified atom stereocenters. The van der Waals surface area contributed by atoms with Crippen molar-refractivity contribution in [3.8, 4) is 0 Å². The fraction of sp³-hybridized carbons (Fsp3) is 0.833. The topological polar surface area (TPSA) is 67.2 Å². The molecule has 0 aromatic carbocycles. The molecule has 0 aromatic heterocycles. The summed E-state index contributed by atoms with van der Waals surface area (Å²) >= 11 is 0. The Morgan fingerprint density at radius 3 is 2.45 bits per heavy atom. The highest BCUT2D eigenvalue weighted by molar-refractivity contribution is 7.92. The summed E-state index contributed by atoms with van der Waals surface area (Å²) in [6, 6.07) is 0. The average Bonchev–Trinajstić information content (AvgIpc) is 1.81. The van der Waals surface area contributed by atoms with Gasteiger partial charge in [-0.1, -0.05) is 0 Å². The molecular weight excluding hydrogens is 166 g/mol. The van der Waals surface area contributed by atoms with Crippen LogP contribution in [0.4, 0.5) is 0 Å². The van der Waals surface area contributed by atoms with E-state index < -0.39 is 9.84 Å². The van der Waals surface area contributed by atoms with Gasteiger partial charge < -0.3 is 10.1 Å². The maximum Gasteiger partial charge on any atom is 0.157 e. The predicted molar refractivity (Wildman–Crippen MR) is 43.9 cm³/mol. The lowest BCUT2D eigenvalue weighted by Crippen LogP contribution is -2.18. The van der Waals surface area contributed by atoms with Crippen molar-refractivity contribution in [3.63, 3.8) is 0 Å². The quantitative estimate of drug-likeness (QED) is 0.608. The molecule has 0 saturated carbocycles. The minimum Gasteiger partial charge on any atom is -0.384 e. The molecule has 0 rings (SSSR count). The van der Waals surface area contributed by atoms with Gasteiger partial charge in [0.2, 0.25) is 0 Å². The van der Waals surface area contributed by atoms with E-state index in [-0.39, 0.29) is 23.8 Å². The van der Waals surface area contributed by atoms with Gasteiger partial charge in [0, 0.05) is 12.8 Å². The number of sulfone groups is 1. The van der Waals surface area contributed by atoms with Gasteiger partial charge >= 0.3 is 0 Å². The van der Waals surface area contributed by atoms with E-state index in [0.717, 1.165) is 0 Å². The zero-order valence-electron chi connectivity index (χ0n) is 6.75. The van der Waals surface area contributed by atoms with Crippen LogP contribution in [-0.2, 0) is 14.6 Å². The largest absolute Gasteiger partial charge is 0.384 e. The van der Waals surface area contributed by atoms with E-state index in [0.29, 0.717) is 0 Å². The van der Waals surface area contributed by atoms with Crippen LogP contribution in [0.15, 0.2) is 0 Å². The molecule has 66 valence electrons. The van der Waals surface area contributed by atoms with Crippen LogP contribution in [0, 0.1) is 5.41 Å². The SMILES string of the molecule is COCCS(=O)(=O)CC(C)=N. The van der Waals surface area contributed by atoms with E-state index in [2.05, 4.69) is 4.74 Å². The van der Waals surface area contributed by atoms with Gasteiger partial charge in [0.1, 0.15) is 0 Å². The number of nitrogens with one attached hydrogen (secondary N) is 1. The zero-order chi connectivity index (χ0) is 8.91. The fourth-order valence-electron chi connectivity index (χ4n) is 0.612. The molecule has 11 heavy (non-hydrogen) atoms. The van der Waals surface area contributed by atoms with E-state index >= 15 is 0 Å². The van der Waals surface area contributed by atoms with E-state index in [4.69, 9.17) is 5.41 Å². The van der Waals surface area contributed by atoms with Crippen molar-refractivity contribution in [2.45, 2.75) is 6.92 Å². The minimum atomic E-state index is -3.09. The van der Waals surface area contributed by atoms with Gasteiger partial charge in [-0.25, -0.2) is 8.42 Å².